The Kier molecular flexibility index (Phi) is 5.10. The first-order valence-corrected chi connectivity index (χ1v) is 5.89. The van der Waals surface area contributed by atoms with Crippen LogP contribution in [-0.2, 0) is 0 Å². The maximum absolute atomic E-state index is 10.7. The molecule has 0 unspecified atom stereocenters. The van der Waals surface area contributed by atoms with E-state index >= 15 is 0 Å². The molecule has 0 amide bonds. The van der Waals surface area contributed by atoms with Crippen molar-refractivity contribution in [3.8, 4) is 5.88 Å². The van der Waals surface area contributed by atoms with Crippen LogP contribution in [0.4, 0.5) is 0 Å². The highest BCUT2D eigenvalue weighted by Crippen LogP contribution is 2.19. The highest BCUT2D eigenvalue weighted by molar-refractivity contribution is 7.04. The first-order valence-electron chi connectivity index (χ1n) is 5.06. The van der Waals surface area contributed by atoms with Gasteiger partial charge in [-0.1, -0.05) is 26.2 Å². The fraction of sp³-hybridized carbons (Fsp3) is 0.600. The Bertz CT molecular complexity index is 311. The standard InChI is InChI=1S/C10H15NO3S/c1-2-3-4-5-6-14-9-8(10(12)13)7-15-11-9/h7H,2-6H2,1H3,(H,12,13). The second-order valence-electron chi connectivity index (χ2n) is 3.25. The molecule has 1 aromatic heterocycles. The number of aromatic carboxylic acids is 1. The summed E-state index contributed by atoms with van der Waals surface area (Å²) >= 11 is 1.11. The fourth-order valence-corrected chi connectivity index (χ4v) is 1.78. The molecule has 0 saturated carbocycles. The monoisotopic (exact) mass is 229 g/mol. The molecule has 0 atom stereocenters. The topological polar surface area (TPSA) is 59.4 Å². The largest absolute Gasteiger partial charge is 0.477 e. The predicted molar refractivity (Wildman–Crippen MR) is 58.7 cm³/mol. The molecule has 84 valence electrons. The summed E-state index contributed by atoms with van der Waals surface area (Å²) in [5.41, 5.74) is 0.162. The summed E-state index contributed by atoms with van der Waals surface area (Å²) in [7, 11) is 0. The van der Waals surface area contributed by atoms with E-state index in [9.17, 15) is 4.79 Å². The van der Waals surface area contributed by atoms with E-state index in [1.807, 2.05) is 0 Å². The Hall–Kier alpha value is -1.10. The average Bonchev–Trinajstić information content (AvgIpc) is 2.66. The number of carboxylic acid groups (broad SMARTS) is 1. The van der Waals surface area contributed by atoms with Crippen molar-refractivity contribution >= 4 is 17.5 Å². The molecule has 0 aliphatic carbocycles. The van der Waals surface area contributed by atoms with E-state index in [-0.39, 0.29) is 11.4 Å². The summed E-state index contributed by atoms with van der Waals surface area (Å²) in [6.07, 6.45) is 4.43. The van der Waals surface area contributed by atoms with Crippen LogP contribution in [0.25, 0.3) is 0 Å². The number of rotatable bonds is 7. The van der Waals surface area contributed by atoms with E-state index in [2.05, 4.69) is 11.3 Å². The second kappa shape index (κ2) is 6.40. The van der Waals surface area contributed by atoms with Gasteiger partial charge in [0.25, 0.3) is 0 Å². The van der Waals surface area contributed by atoms with E-state index in [1.165, 1.54) is 18.2 Å². The van der Waals surface area contributed by atoms with E-state index < -0.39 is 5.97 Å². The number of hydrogen-bond acceptors (Lipinski definition) is 4. The first-order chi connectivity index (χ1) is 7.25. The van der Waals surface area contributed by atoms with E-state index in [1.54, 1.807) is 0 Å². The van der Waals surface area contributed by atoms with Gasteiger partial charge in [0.15, 0.2) is 0 Å². The minimum Gasteiger partial charge on any atom is -0.477 e. The maximum atomic E-state index is 10.7. The molecule has 5 heteroatoms. The van der Waals surface area contributed by atoms with Gasteiger partial charge in [0.2, 0.25) is 5.88 Å². The third-order valence-corrected chi connectivity index (χ3v) is 2.62. The van der Waals surface area contributed by atoms with Crippen molar-refractivity contribution in [3.05, 3.63) is 10.9 Å². The molecule has 0 aromatic carbocycles. The van der Waals surface area contributed by atoms with Crippen LogP contribution in [0.15, 0.2) is 5.38 Å². The van der Waals surface area contributed by atoms with Gasteiger partial charge in [-0.05, 0) is 18.0 Å². The van der Waals surface area contributed by atoms with Gasteiger partial charge in [-0.2, -0.15) is 4.37 Å². The van der Waals surface area contributed by atoms with Crippen molar-refractivity contribution in [3.63, 3.8) is 0 Å². The Labute approximate surface area is 93.1 Å². The lowest BCUT2D eigenvalue weighted by atomic mass is 10.2. The quantitative estimate of drug-likeness (QED) is 0.730. The van der Waals surface area contributed by atoms with Crippen LogP contribution in [0.5, 0.6) is 5.88 Å². The van der Waals surface area contributed by atoms with Crippen LogP contribution in [0.1, 0.15) is 43.0 Å². The summed E-state index contributed by atoms with van der Waals surface area (Å²) < 4.78 is 9.20. The van der Waals surface area contributed by atoms with Crippen molar-refractivity contribution < 1.29 is 14.6 Å². The number of unbranched alkanes of at least 4 members (excludes halogenated alkanes) is 3. The van der Waals surface area contributed by atoms with Gasteiger partial charge in [0.05, 0.1) is 6.61 Å². The maximum Gasteiger partial charge on any atom is 0.342 e. The van der Waals surface area contributed by atoms with Gasteiger partial charge in [0.1, 0.15) is 5.56 Å². The Morgan fingerprint density at radius 3 is 3.00 bits per heavy atom. The average molecular weight is 229 g/mol. The SMILES string of the molecule is CCCCCCOc1nscc1C(=O)O. The van der Waals surface area contributed by atoms with E-state index in [0.29, 0.717) is 6.61 Å². The molecule has 4 nitrogen and oxygen atoms in total. The Morgan fingerprint density at radius 1 is 1.53 bits per heavy atom. The van der Waals surface area contributed by atoms with Crippen LogP contribution in [0.3, 0.4) is 0 Å². The van der Waals surface area contributed by atoms with Gasteiger partial charge < -0.3 is 9.84 Å². The van der Waals surface area contributed by atoms with Gasteiger partial charge in [0, 0.05) is 5.38 Å². The third-order valence-electron chi connectivity index (χ3n) is 2.00. The molecule has 0 spiro atoms. The van der Waals surface area contributed by atoms with E-state index in [0.717, 1.165) is 24.4 Å². The van der Waals surface area contributed by atoms with Crippen molar-refractivity contribution in [2.45, 2.75) is 32.6 Å². The summed E-state index contributed by atoms with van der Waals surface area (Å²) in [5, 5.41) is 10.3. The molecular weight excluding hydrogens is 214 g/mol. The number of carbonyl (C=O) groups is 1. The number of hydrogen-bond donors (Lipinski definition) is 1. The lowest BCUT2D eigenvalue weighted by molar-refractivity contribution is 0.0692. The summed E-state index contributed by atoms with van der Waals surface area (Å²) in [5.74, 6) is -0.726. The predicted octanol–water partition coefficient (Wildman–Crippen LogP) is 2.80. The smallest absolute Gasteiger partial charge is 0.342 e. The summed E-state index contributed by atoms with van der Waals surface area (Å²) in [4.78, 5) is 10.7. The van der Waals surface area contributed by atoms with Crippen molar-refractivity contribution in [2.75, 3.05) is 6.61 Å². The van der Waals surface area contributed by atoms with Crippen LogP contribution in [0, 0.1) is 0 Å². The molecule has 1 heterocycles. The molecule has 0 fully saturated rings. The molecule has 0 radical (unpaired) electrons. The van der Waals surface area contributed by atoms with Crippen LogP contribution < -0.4 is 4.74 Å². The number of ether oxygens (including phenoxy) is 1. The molecule has 1 N–H and O–H groups in total. The highest BCUT2D eigenvalue weighted by atomic mass is 32.1. The zero-order chi connectivity index (χ0) is 11.1. The second-order valence-corrected chi connectivity index (χ2v) is 3.88. The minimum absolute atomic E-state index is 0.162. The third kappa shape index (κ3) is 3.87. The normalized spacial score (nSPS) is 10.2. The summed E-state index contributed by atoms with van der Waals surface area (Å²) in [6.45, 7) is 2.69. The lowest BCUT2D eigenvalue weighted by Gasteiger charge is -2.03. The van der Waals surface area contributed by atoms with Gasteiger partial charge in [-0.3, -0.25) is 0 Å². The van der Waals surface area contributed by atoms with Crippen molar-refractivity contribution in [1.29, 1.82) is 0 Å². The number of carboxylic acids is 1. The van der Waals surface area contributed by atoms with Gasteiger partial charge in [-0.25, -0.2) is 4.79 Å². The molecule has 0 aliphatic heterocycles. The molecule has 1 aromatic rings. The van der Waals surface area contributed by atoms with E-state index in [4.69, 9.17) is 9.84 Å². The lowest BCUT2D eigenvalue weighted by Crippen LogP contribution is -2.03. The Balaban J connectivity index is 2.31. The Morgan fingerprint density at radius 2 is 2.33 bits per heavy atom. The molecule has 15 heavy (non-hydrogen) atoms. The van der Waals surface area contributed by atoms with Gasteiger partial charge >= 0.3 is 5.97 Å². The zero-order valence-electron chi connectivity index (χ0n) is 8.73. The number of nitrogens with zero attached hydrogens (tertiary/aromatic N) is 1. The van der Waals surface area contributed by atoms with Crippen molar-refractivity contribution in [1.82, 2.24) is 4.37 Å². The summed E-state index contributed by atoms with van der Waals surface area (Å²) in [6, 6.07) is 0. The number of aromatic nitrogens is 1. The van der Waals surface area contributed by atoms with Crippen LogP contribution in [0.2, 0.25) is 0 Å². The van der Waals surface area contributed by atoms with Gasteiger partial charge in [-0.15, -0.1) is 0 Å². The highest BCUT2D eigenvalue weighted by Gasteiger charge is 2.13. The molecular formula is C10H15NO3S. The minimum atomic E-state index is -0.979. The van der Waals surface area contributed by atoms with Crippen molar-refractivity contribution in [2.24, 2.45) is 0 Å². The zero-order valence-corrected chi connectivity index (χ0v) is 9.55. The molecule has 1 rings (SSSR count). The van der Waals surface area contributed by atoms with Crippen LogP contribution in [-0.4, -0.2) is 22.1 Å². The fourth-order valence-electron chi connectivity index (χ4n) is 1.17. The van der Waals surface area contributed by atoms with Crippen LogP contribution >= 0.6 is 11.5 Å². The molecule has 0 bridgehead atoms. The first kappa shape index (κ1) is 12.0. The molecule has 0 saturated heterocycles. The molecule has 0 aliphatic rings.